The number of aliphatic carboxylic acids is 3. The number of carboxylic acid groups (broad SMARTS) is 3. The van der Waals surface area contributed by atoms with Crippen LogP contribution in [0.4, 0.5) is 0 Å². The Morgan fingerprint density at radius 2 is 1.03 bits per heavy atom. The van der Waals surface area contributed by atoms with Gasteiger partial charge in [0, 0.05) is 12.8 Å². The third-order valence-corrected chi connectivity index (χ3v) is 15.1. The Kier molecular flexibility index (Phi) is 36.3. The van der Waals surface area contributed by atoms with Crippen molar-refractivity contribution in [1.29, 1.82) is 0 Å². The van der Waals surface area contributed by atoms with Crippen molar-refractivity contribution in [2.45, 2.75) is 205 Å². The molecular formula is C60H98N14O18. The molecule has 20 N–H and O–H groups in total. The van der Waals surface area contributed by atoms with E-state index in [1.165, 1.54) is 13.8 Å². The second-order valence-electron chi connectivity index (χ2n) is 23.7. The number of nitrogens with two attached hydrogens (primary N) is 2. The van der Waals surface area contributed by atoms with E-state index >= 15 is 0 Å². The summed E-state index contributed by atoms with van der Waals surface area (Å²) in [6.45, 7) is 10.7. The van der Waals surface area contributed by atoms with Crippen molar-refractivity contribution < 1.29 is 87.5 Å². The van der Waals surface area contributed by atoms with Crippen molar-refractivity contribution in [3.63, 3.8) is 0 Å². The topological polar surface area (TPSA) is 516 Å². The predicted octanol–water partition coefficient (Wildman–Crippen LogP) is -3.61. The van der Waals surface area contributed by atoms with E-state index in [1.807, 2.05) is 0 Å². The van der Waals surface area contributed by atoms with Crippen molar-refractivity contribution in [3.8, 4) is 0 Å². The van der Waals surface area contributed by atoms with Crippen LogP contribution in [-0.2, 0) is 73.5 Å². The highest BCUT2D eigenvalue weighted by Gasteiger charge is 2.37. The smallest absolute Gasteiger partial charge is 0.326 e. The zero-order valence-electron chi connectivity index (χ0n) is 53.6. The standard InChI is InChI=1S/C60H98N14O18/c1-8-34(6)49(59(90)68-40(60(91)92)20-13-15-25-62)73-45(77)30-64-51(82)38(19-12-14-24-61)66-54(85)41(27-32(2)3)69-55(86)42(28-36-17-10-9-11-18-36)70-53(84)39(22-23-46(78)79)67-58(89)48(33(4)5)72-44(76)31-65-57(88)50(35(7)75)74-56(87)43(29-47(80)81)71-52(83)37-21-16-26-63-37/h9-11,17-18,32-35,37-43,48-50,63,75H,8,12-16,19-31,61-62H2,1-7H3,(H,64,82)(H,65,88)(H,66,85)(H,67,89)(H,68,90)(H,69,86)(H,70,84)(H,71,83)(H,72,76)(H,73,77)(H,74,87)(H,78,79)(H,80,81)(H,91,92)/t34-,35+,37-,38-,39-,40-,41-,42-,43-,48-,49-,50-/m0/s1. The molecule has 0 unspecified atom stereocenters. The van der Waals surface area contributed by atoms with Gasteiger partial charge in [-0.3, -0.25) is 62.3 Å². The van der Waals surface area contributed by atoms with E-state index in [0.29, 0.717) is 63.6 Å². The molecule has 516 valence electrons. The lowest BCUT2D eigenvalue weighted by Crippen LogP contribution is -2.61. The molecule has 2 rings (SSSR count). The molecule has 0 saturated carbocycles. The van der Waals surface area contributed by atoms with Gasteiger partial charge in [-0.15, -0.1) is 0 Å². The summed E-state index contributed by atoms with van der Waals surface area (Å²) in [6, 6.07) is -5.52. The highest BCUT2D eigenvalue weighted by molar-refractivity contribution is 5.99. The fraction of sp³-hybridized carbons (Fsp3) is 0.667. The maximum absolute atomic E-state index is 14.5. The van der Waals surface area contributed by atoms with Gasteiger partial charge in [0.2, 0.25) is 65.0 Å². The van der Waals surface area contributed by atoms with Crippen LogP contribution in [0.2, 0.25) is 0 Å². The number of benzene rings is 1. The van der Waals surface area contributed by atoms with Crippen molar-refractivity contribution in [2.75, 3.05) is 32.7 Å². The summed E-state index contributed by atoms with van der Waals surface area (Å²) in [5, 5.41) is 69.4. The SMILES string of the molecule is CC[C@H](C)[C@H](NC(=O)CNC(=O)[C@H](CCCCN)NC(=O)[C@H](CC(C)C)NC(=O)[C@H](Cc1ccccc1)NC(=O)[C@H](CCC(=O)O)NC(=O)[C@@H](NC(=O)CNC(=O)[C@@H](NC(=O)[C@H](CC(=O)O)NC(=O)[C@@H]1CCCN1)[C@@H](C)O)C(C)C)C(=O)N[C@@H](CCCCN)C(=O)O. The number of hydrogen-bond acceptors (Lipinski definition) is 18. The number of hydrogen-bond donors (Lipinski definition) is 18. The highest BCUT2D eigenvalue weighted by atomic mass is 16.4. The number of carboxylic acids is 3. The van der Waals surface area contributed by atoms with E-state index in [1.54, 1.807) is 58.0 Å². The Morgan fingerprint density at radius 1 is 0.533 bits per heavy atom. The van der Waals surface area contributed by atoms with Crippen molar-refractivity contribution in [2.24, 2.45) is 29.2 Å². The van der Waals surface area contributed by atoms with Crippen molar-refractivity contribution in [1.82, 2.24) is 63.8 Å². The molecule has 0 spiro atoms. The average Bonchev–Trinajstić information content (AvgIpc) is 1.09. The van der Waals surface area contributed by atoms with E-state index in [4.69, 9.17) is 11.5 Å². The first-order valence-corrected chi connectivity index (χ1v) is 31.2. The molecule has 0 aromatic heterocycles. The summed E-state index contributed by atoms with van der Waals surface area (Å²) in [5.74, 6) is -15.6. The quantitative estimate of drug-likeness (QED) is 0.0281. The Morgan fingerprint density at radius 3 is 1.55 bits per heavy atom. The lowest BCUT2D eigenvalue weighted by Gasteiger charge is -2.28. The maximum atomic E-state index is 14.5. The van der Waals surface area contributed by atoms with Gasteiger partial charge in [0.05, 0.1) is 31.7 Å². The van der Waals surface area contributed by atoms with E-state index in [-0.39, 0.29) is 38.1 Å². The summed E-state index contributed by atoms with van der Waals surface area (Å²) in [6.07, 6.45) is -0.551. The van der Waals surface area contributed by atoms with Gasteiger partial charge < -0.3 is 95.7 Å². The molecule has 1 fully saturated rings. The second kappa shape index (κ2) is 41.9. The molecule has 0 bridgehead atoms. The number of nitrogens with one attached hydrogen (secondary N) is 12. The summed E-state index contributed by atoms with van der Waals surface area (Å²) in [5.41, 5.74) is 11.8. The second-order valence-corrected chi connectivity index (χ2v) is 23.7. The van der Waals surface area contributed by atoms with Crippen LogP contribution in [0.3, 0.4) is 0 Å². The van der Waals surface area contributed by atoms with Crippen LogP contribution in [-0.4, -0.2) is 203 Å². The van der Waals surface area contributed by atoms with E-state index in [0.717, 1.165) is 6.92 Å². The molecule has 1 aromatic carbocycles. The minimum Gasteiger partial charge on any atom is -0.481 e. The normalized spacial score (nSPS) is 16.4. The fourth-order valence-electron chi connectivity index (χ4n) is 9.63. The van der Waals surface area contributed by atoms with Gasteiger partial charge in [0.15, 0.2) is 0 Å². The van der Waals surface area contributed by atoms with Gasteiger partial charge >= 0.3 is 17.9 Å². The van der Waals surface area contributed by atoms with Gasteiger partial charge in [-0.2, -0.15) is 0 Å². The van der Waals surface area contributed by atoms with Crippen LogP contribution < -0.4 is 75.3 Å². The molecule has 32 nitrogen and oxygen atoms in total. The van der Waals surface area contributed by atoms with E-state index < -0.39 is 194 Å². The summed E-state index contributed by atoms with van der Waals surface area (Å²) >= 11 is 0. The predicted molar refractivity (Wildman–Crippen MR) is 333 cm³/mol. The largest absolute Gasteiger partial charge is 0.481 e. The summed E-state index contributed by atoms with van der Waals surface area (Å²) in [4.78, 5) is 186. The first-order chi connectivity index (χ1) is 43.4. The molecule has 1 heterocycles. The van der Waals surface area contributed by atoms with Crippen LogP contribution in [0.1, 0.15) is 138 Å². The van der Waals surface area contributed by atoms with Crippen LogP contribution in [0.5, 0.6) is 0 Å². The zero-order valence-corrected chi connectivity index (χ0v) is 53.6. The molecule has 1 aliphatic heterocycles. The Bertz CT molecular complexity index is 2640. The van der Waals surface area contributed by atoms with Crippen LogP contribution in [0.15, 0.2) is 30.3 Å². The van der Waals surface area contributed by atoms with Gasteiger partial charge in [-0.05, 0) is 114 Å². The lowest BCUT2D eigenvalue weighted by molar-refractivity contribution is -0.143. The molecule has 12 atom stereocenters. The Labute approximate surface area is 535 Å². The third-order valence-electron chi connectivity index (χ3n) is 15.1. The summed E-state index contributed by atoms with van der Waals surface area (Å²) < 4.78 is 0. The number of unbranched alkanes of at least 4 members (excludes halogenated alkanes) is 2. The Balaban J connectivity index is 2.35. The van der Waals surface area contributed by atoms with Gasteiger partial charge in [-0.25, -0.2) is 4.79 Å². The minimum absolute atomic E-state index is 0.00655. The van der Waals surface area contributed by atoms with Gasteiger partial charge in [0.25, 0.3) is 0 Å². The van der Waals surface area contributed by atoms with Crippen LogP contribution >= 0.6 is 0 Å². The molecule has 1 saturated heterocycles. The van der Waals surface area contributed by atoms with E-state index in [2.05, 4.69) is 63.8 Å². The van der Waals surface area contributed by atoms with Gasteiger partial charge in [0.1, 0.15) is 54.4 Å². The number of aliphatic hydroxyl groups is 1. The lowest BCUT2D eigenvalue weighted by atomic mass is 9.97. The monoisotopic (exact) mass is 1300 g/mol. The molecule has 1 aromatic rings. The number of carbonyl (C=O) groups is 14. The van der Waals surface area contributed by atoms with Crippen LogP contribution in [0, 0.1) is 17.8 Å². The molecule has 1 aliphatic rings. The molecular weight excluding hydrogens is 1200 g/mol. The molecule has 92 heavy (non-hydrogen) atoms. The van der Waals surface area contributed by atoms with Gasteiger partial charge in [-0.1, -0.05) is 78.3 Å². The van der Waals surface area contributed by atoms with Crippen molar-refractivity contribution in [3.05, 3.63) is 35.9 Å². The fourth-order valence-corrected chi connectivity index (χ4v) is 9.63. The molecule has 0 aliphatic carbocycles. The van der Waals surface area contributed by atoms with Crippen LogP contribution in [0.25, 0.3) is 0 Å². The Hall–Kier alpha value is -8.36. The number of carbonyl (C=O) groups excluding carboxylic acids is 11. The first kappa shape index (κ1) is 79.7. The average molecular weight is 1300 g/mol. The number of amides is 11. The molecule has 11 amide bonds. The molecule has 0 radical (unpaired) electrons. The number of aliphatic hydroxyl groups excluding tert-OH is 1. The molecule has 32 heteroatoms. The summed E-state index contributed by atoms with van der Waals surface area (Å²) in [7, 11) is 0. The zero-order chi connectivity index (χ0) is 69.2. The maximum Gasteiger partial charge on any atom is 0.326 e. The third kappa shape index (κ3) is 29.7. The highest BCUT2D eigenvalue weighted by Crippen LogP contribution is 2.14. The number of rotatable bonds is 44. The van der Waals surface area contributed by atoms with Crippen molar-refractivity contribution >= 4 is 82.9 Å². The minimum atomic E-state index is -1.77. The van der Waals surface area contributed by atoms with E-state index in [9.17, 15) is 87.5 Å². The first-order valence-electron chi connectivity index (χ1n) is 31.2.